The highest BCUT2D eigenvalue weighted by Gasteiger charge is 2.17. The normalized spacial score (nSPS) is 13.4. The highest BCUT2D eigenvalue weighted by atomic mass is 16.6. The average Bonchev–Trinajstić information content (AvgIpc) is 3.38. The molecule has 0 aromatic carbocycles. The number of esters is 2. The molecule has 0 aliphatic heterocycles. The quantitative estimate of drug-likeness (QED) is 0.0345. The molecule has 0 saturated carbocycles. The molecule has 0 fully saturated rings. The van der Waals surface area contributed by atoms with Crippen LogP contribution in [0.5, 0.6) is 0 Å². The molecule has 0 aliphatic carbocycles. The highest BCUT2D eigenvalue weighted by molar-refractivity contribution is 5.70. The lowest BCUT2D eigenvalue weighted by Crippen LogP contribution is -2.30. The summed E-state index contributed by atoms with van der Waals surface area (Å²) >= 11 is 0. The molecule has 0 aromatic heterocycles. The molecule has 72 heavy (non-hydrogen) atoms. The van der Waals surface area contributed by atoms with Crippen LogP contribution >= 0.6 is 0 Å². The van der Waals surface area contributed by atoms with Crippen molar-refractivity contribution in [2.24, 2.45) is 0 Å². The van der Waals surface area contributed by atoms with E-state index in [1.54, 1.807) is 0 Å². The van der Waals surface area contributed by atoms with Crippen molar-refractivity contribution in [1.29, 1.82) is 0 Å². The largest absolute Gasteiger partial charge is 0.462 e. The number of carbonyl (C=O) groups excluding carboxylic acids is 2. The Morgan fingerprint density at radius 3 is 1.06 bits per heavy atom. The third kappa shape index (κ3) is 58.1. The lowest BCUT2D eigenvalue weighted by molar-refractivity contribution is -0.162. The van der Waals surface area contributed by atoms with Crippen LogP contribution < -0.4 is 0 Å². The van der Waals surface area contributed by atoms with Crippen molar-refractivity contribution in [1.82, 2.24) is 0 Å². The summed E-state index contributed by atoms with van der Waals surface area (Å²) in [7, 11) is 0. The predicted molar refractivity (Wildman–Crippen MR) is 315 cm³/mol. The molecule has 0 aliphatic rings. The van der Waals surface area contributed by atoms with Crippen molar-refractivity contribution in [2.45, 2.75) is 232 Å². The SMILES string of the molecule is CC/C=C\C/C=C\C/C=C\C/C=C\C/C=C\C/C=C\CCC(=O)OCC(COCCCC/C=C\C/C=C\C/C=C\C/C=C\C/C=C\CC)OC(=O)CCCCCCCCCCC/C=C\C/C=C\CCCCC. The minimum absolute atomic E-state index is 0.0151. The molecule has 5 heteroatoms. The van der Waals surface area contributed by atoms with E-state index in [1.165, 1.54) is 70.6 Å². The molecule has 0 radical (unpaired) electrons. The fourth-order valence-corrected chi connectivity index (χ4v) is 7.30. The number of unbranched alkanes of at least 4 members (excludes halogenated alkanes) is 14. The number of rotatable bonds is 51. The van der Waals surface area contributed by atoms with Crippen molar-refractivity contribution in [3.63, 3.8) is 0 Å². The number of hydrogen-bond donors (Lipinski definition) is 0. The molecule has 0 bridgehead atoms. The Kier molecular flexibility index (Phi) is 57.0. The zero-order valence-electron chi connectivity index (χ0n) is 46.4. The summed E-state index contributed by atoms with van der Waals surface area (Å²) < 4.78 is 17.4. The lowest BCUT2D eigenvalue weighted by Gasteiger charge is -2.18. The van der Waals surface area contributed by atoms with E-state index in [-0.39, 0.29) is 31.6 Å². The molecular formula is C67H106O5. The van der Waals surface area contributed by atoms with Crippen LogP contribution in [0.2, 0.25) is 0 Å². The van der Waals surface area contributed by atoms with Crippen LogP contribution in [0.3, 0.4) is 0 Å². The minimum atomic E-state index is -0.606. The Morgan fingerprint density at radius 2 is 0.653 bits per heavy atom. The van der Waals surface area contributed by atoms with Gasteiger partial charge in [-0.2, -0.15) is 0 Å². The Bertz CT molecular complexity index is 1590. The van der Waals surface area contributed by atoms with E-state index in [9.17, 15) is 9.59 Å². The van der Waals surface area contributed by atoms with E-state index >= 15 is 0 Å². The zero-order valence-corrected chi connectivity index (χ0v) is 46.4. The van der Waals surface area contributed by atoms with E-state index in [0.29, 0.717) is 19.4 Å². The van der Waals surface area contributed by atoms with Crippen LogP contribution in [0.4, 0.5) is 0 Å². The molecule has 0 rings (SSSR count). The molecular weight excluding hydrogens is 885 g/mol. The fraction of sp³-hybridized carbons (Fsp3) is 0.582. The summed E-state index contributed by atoms with van der Waals surface area (Å²) in [5.74, 6) is -0.533. The van der Waals surface area contributed by atoms with Gasteiger partial charge in [-0.05, 0) is 135 Å². The Hall–Kier alpha value is -4.48. The van der Waals surface area contributed by atoms with Crippen LogP contribution in [0, 0.1) is 0 Å². The van der Waals surface area contributed by atoms with Gasteiger partial charge in [0.25, 0.3) is 0 Å². The summed E-state index contributed by atoms with van der Waals surface area (Å²) in [6.45, 7) is 7.38. The third-order valence-corrected chi connectivity index (χ3v) is 11.5. The second-order valence-corrected chi connectivity index (χ2v) is 18.4. The first kappa shape index (κ1) is 67.5. The molecule has 5 nitrogen and oxygen atoms in total. The Morgan fingerprint density at radius 1 is 0.319 bits per heavy atom. The number of hydrogen-bond acceptors (Lipinski definition) is 5. The number of carbonyl (C=O) groups is 2. The lowest BCUT2D eigenvalue weighted by atomic mass is 10.1. The van der Waals surface area contributed by atoms with Gasteiger partial charge in [-0.25, -0.2) is 0 Å². The van der Waals surface area contributed by atoms with Gasteiger partial charge < -0.3 is 14.2 Å². The first-order chi connectivity index (χ1) is 35.6. The van der Waals surface area contributed by atoms with Crippen molar-refractivity contribution >= 4 is 11.9 Å². The number of allylic oxidation sites excluding steroid dienone is 26. The van der Waals surface area contributed by atoms with Gasteiger partial charge in [-0.3, -0.25) is 9.59 Å². The van der Waals surface area contributed by atoms with Crippen molar-refractivity contribution in [3.05, 3.63) is 158 Å². The first-order valence-corrected chi connectivity index (χ1v) is 29.0. The predicted octanol–water partition coefficient (Wildman–Crippen LogP) is 20.2. The van der Waals surface area contributed by atoms with Gasteiger partial charge in [0.2, 0.25) is 0 Å². The average molecular weight is 992 g/mol. The van der Waals surface area contributed by atoms with E-state index in [4.69, 9.17) is 14.2 Å². The van der Waals surface area contributed by atoms with Gasteiger partial charge in [-0.15, -0.1) is 0 Å². The van der Waals surface area contributed by atoms with E-state index < -0.39 is 6.10 Å². The minimum Gasteiger partial charge on any atom is -0.462 e. The topological polar surface area (TPSA) is 61.8 Å². The Balaban J connectivity index is 4.51. The molecule has 1 atom stereocenters. The summed E-state index contributed by atoms with van der Waals surface area (Å²) in [6.07, 6.45) is 89.9. The van der Waals surface area contributed by atoms with Gasteiger partial charge in [0.15, 0.2) is 6.10 Å². The van der Waals surface area contributed by atoms with Crippen molar-refractivity contribution < 1.29 is 23.8 Å². The van der Waals surface area contributed by atoms with Gasteiger partial charge in [0.05, 0.1) is 6.61 Å². The van der Waals surface area contributed by atoms with E-state index in [2.05, 4.69) is 173 Å². The van der Waals surface area contributed by atoms with E-state index in [0.717, 1.165) is 116 Å². The second-order valence-electron chi connectivity index (χ2n) is 18.4. The van der Waals surface area contributed by atoms with Crippen LogP contribution in [0.15, 0.2) is 158 Å². The number of ether oxygens (including phenoxy) is 3. The van der Waals surface area contributed by atoms with Crippen molar-refractivity contribution in [2.75, 3.05) is 19.8 Å². The third-order valence-electron chi connectivity index (χ3n) is 11.5. The molecule has 1 unspecified atom stereocenters. The Labute approximate surface area is 444 Å². The zero-order chi connectivity index (χ0) is 52.0. The molecule has 0 amide bonds. The maximum Gasteiger partial charge on any atom is 0.306 e. The summed E-state index contributed by atoms with van der Waals surface area (Å²) in [5.41, 5.74) is 0. The van der Waals surface area contributed by atoms with Crippen LogP contribution in [0.25, 0.3) is 0 Å². The molecule has 0 spiro atoms. The summed E-state index contributed by atoms with van der Waals surface area (Å²) in [6, 6.07) is 0. The van der Waals surface area contributed by atoms with Gasteiger partial charge >= 0.3 is 11.9 Å². The van der Waals surface area contributed by atoms with Crippen LogP contribution in [-0.2, 0) is 23.8 Å². The van der Waals surface area contributed by atoms with Gasteiger partial charge in [-0.1, -0.05) is 237 Å². The smallest absolute Gasteiger partial charge is 0.306 e. The molecule has 404 valence electrons. The van der Waals surface area contributed by atoms with Crippen LogP contribution in [0.1, 0.15) is 226 Å². The molecule has 0 N–H and O–H groups in total. The summed E-state index contributed by atoms with van der Waals surface area (Å²) in [4.78, 5) is 25.5. The van der Waals surface area contributed by atoms with Crippen molar-refractivity contribution in [3.8, 4) is 0 Å². The second kappa shape index (κ2) is 60.8. The molecule has 0 aromatic rings. The maximum atomic E-state index is 12.9. The van der Waals surface area contributed by atoms with Gasteiger partial charge in [0.1, 0.15) is 6.61 Å². The first-order valence-electron chi connectivity index (χ1n) is 29.0. The molecule has 0 saturated heterocycles. The highest BCUT2D eigenvalue weighted by Crippen LogP contribution is 2.13. The van der Waals surface area contributed by atoms with Crippen LogP contribution in [-0.4, -0.2) is 37.9 Å². The van der Waals surface area contributed by atoms with Gasteiger partial charge in [0, 0.05) is 19.4 Å². The van der Waals surface area contributed by atoms with E-state index in [1.807, 2.05) is 6.08 Å². The maximum absolute atomic E-state index is 12.9. The summed E-state index contributed by atoms with van der Waals surface area (Å²) in [5, 5.41) is 0. The fourth-order valence-electron chi connectivity index (χ4n) is 7.30. The monoisotopic (exact) mass is 991 g/mol. The standard InChI is InChI=1S/C67H106O5/c1-4-7-10-13-16-19-22-25-28-31-34-36-39-42-45-48-51-54-57-60-66(68)71-64-65(63-70-62-59-56-53-50-47-44-41-38-33-30-27-24-21-18-15-12-9-6-3)72-67(69)61-58-55-52-49-46-43-40-37-35-32-29-26-23-20-17-14-11-8-5-2/h7,9-10,12,16-21,25-30,34,36,38,41-42,45,47,50-51,54,65H,4-6,8,11,13-15,22-24,31-33,35,37,39-40,43-44,46,48-49,52-53,55-64H2,1-3H3/b10-7-,12-9-,19-16-,20-17-,21-18-,28-25-,29-26-,30-27-,36-34-,41-38-,45-42-,50-47-,54-51-. The molecule has 0 heterocycles.